The number of hydrogen-bond donors (Lipinski definition) is 4. The van der Waals surface area contributed by atoms with E-state index < -0.39 is 6.10 Å². The number of hydrazone groups is 1. The Morgan fingerprint density at radius 2 is 1.97 bits per heavy atom. The molecule has 1 aliphatic rings. The van der Waals surface area contributed by atoms with Crippen LogP contribution in [0.1, 0.15) is 37.8 Å². The lowest BCUT2D eigenvalue weighted by atomic mass is 10.0. The maximum absolute atomic E-state index is 11.2. The summed E-state index contributed by atoms with van der Waals surface area (Å²) >= 11 is 6.13. The number of halogens is 1. The predicted molar refractivity (Wildman–Crippen MR) is 129 cm³/mol. The number of aliphatic hydroxyl groups is 1. The minimum Gasteiger partial charge on any atom is -0.489 e. The standard InChI is InChI=1S/C24H31ClN4O3/c1-16-4-9-20(25)22(12-16)32-14-19(30)13-27-24(2,3)15-26-18-7-5-17(6-8-18)21-10-11-23(31)29-28-21/h4-9,12,19,26-27,30H,10-11,13-15H2,1-3H3,(H,29,31)/t19-/m0/s1. The van der Waals surface area contributed by atoms with Gasteiger partial charge in [0.25, 0.3) is 0 Å². The quantitative estimate of drug-likeness (QED) is 0.437. The summed E-state index contributed by atoms with van der Waals surface area (Å²) < 4.78 is 5.67. The molecule has 32 heavy (non-hydrogen) atoms. The average molecular weight is 459 g/mol. The van der Waals surface area contributed by atoms with E-state index in [0.29, 0.717) is 36.7 Å². The molecule has 0 radical (unpaired) electrons. The van der Waals surface area contributed by atoms with Gasteiger partial charge in [-0.3, -0.25) is 4.79 Å². The SMILES string of the molecule is Cc1ccc(Cl)c(OC[C@@H](O)CNC(C)(C)CNc2ccc(C3=NNC(=O)CC3)cc2)c1. The molecule has 3 rings (SSSR count). The van der Waals surface area contributed by atoms with Gasteiger partial charge in [-0.1, -0.05) is 29.8 Å². The second-order valence-electron chi connectivity index (χ2n) is 8.69. The number of nitrogens with one attached hydrogen (secondary N) is 3. The highest BCUT2D eigenvalue weighted by molar-refractivity contribution is 6.32. The van der Waals surface area contributed by atoms with E-state index in [1.807, 2.05) is 43.3 Å². The average Bonchev–Trinajstić information content (AvgIpc) is 2.78. The molecule has 1 atom stereocenters. The van der Waals surface area contributed by atoms with Gasteiger partial charge < -0.3 is 20.5 Å². The van der Waals surface area contributed by atoms with E-state index >= 15 is 0 Å². The first kappa shape index (κ1) is 24.0. The van der Waals surface area contributed by atoms with Crippen LogP contribution in [0.15, 0.2) is 47.6 Å². The van der Waals surface area contributed by atoms with Crippen LogP contribution < -0.4 is 20.8 Å². The Bertz CT molecular complexity index is 960. The summed E-state index contributed by atoms with van der Waals surface area (Å²) in [5.74, 6) is 0.536. The number of anilines is 1. The van der Waals surface area contributed by atoms with Crippen molar-refractivity contribution in [2.75, 3.05) is 25.0 Å². The molecule has 0 aromatic heterocycles. The Hall–Kier alpha value is -2.61. The molecular formula is C24H31ClN4O3. The Morgan fingerprint density at radius 3 is 2.66 bits per heavy atom. The fraction of sp³-hybridized carbons (Fsp3) is 0.417. The van der Waals surface area contributed by atoms with Crippen molar-refractivity contribution in [2.24, 2.45) is 5.10 Å². The number of benzene rings is 2. The molecule has 1 aliphatic heterocycles. The normalized spacial score (nSPS) is 15.0. The fourth-order valence-corrected chi connectivity index (χ4v) is 3.38. The number of hydrogen-bond acceptors (Lipinski definition) is 6. The van der Waals surface area contributed by atoms with Gasteiger partial charge >= 0.3 is 0 Å². The zero-order chi connectivity index (χ0) is 23.1. The molecule has 0 bridgehead atoms. The van der Waals surface area contributed by atoms with Crippen LogP contribution >= 0.6 is 11.6 Å². The maximum Gasteiger partial charge on any atom is 0.240 e. The maximum atomic E-state index is 11.2. The van der Waals surface area contributed by atoms with Crippen LogP contribution in [0.5, 0.6) is 5.75 Å². The van der Waals surface area contributed by atoms with Gasteiger partial charge in [0.1, 0.15) is 18.5 Å². The van der Waals surface area contributed by atoms with Crippen LogP contribution in [-0.2, 0) is 4.79 Å². The van der Waals surface area contributed by atoms with Crippen LogP contribution in [0, 0.1) is 6.92 Å². The van der Waals surface area contributed by atoms with Crippen LogP contribution in [0.2, 0.25) is 5.02 Å². The lowest BCUT2D eigenvalue weighted by Crippen LogP contribution is -2.49. The van der Waals surface area contributed by atoms with E-state index in [2.05, 4.69) is 35.0 Å². The summed E-state index contributed by atoms with van der Waals surface area (Å²) in [4.78, 5) is 11.2. The van der Waals surface area contributed by atoms with Gasteiger partial charge in [0, 0.05) is 37.2 Å². The predicted octanol–water partition coefficient (Wildman–Crippen LogP) is 3.48. The molecule has 7 nitrogen and oxygen atoms in total. The first-order chi connectivity index (χ1) is 15.2. The summed E-state index contributed by atoms with van der Waals surface area (Å²) in [6.07, 6.45) is 0.451. The highest BCUT2D eigenvalue weighted by atomic mass is 35.5. The van der Waals surface area contributed by atoms with Crippen LogP contribution in [0.25, 0.3) is 0 Å². The van der Waals surface area contributed by atoms with Crippen molar-refractivity contribution in [3.8, 4) is 5.75 Å². The first-order valence-electron chi connectivity index (χ1n) is 10.7. The second-order valence-corrected chi connectivity index (χ2v) is 9.10. The summed E-state index contributed by atoms with van der Waals surface area (Å²) in [5, 5.41) is 21.7. The Balaban J connectivity index is 1.42. The number of carbonyl (C=O) groups excluding carboxylic acids is 1. The zero-order valence-electron chi connectivity index (χ0n) is 18.7. The van der Waals surface area contributed by atoms with Crippen molar-refractivity contribution in [1.29, 1.82) is 0 Å². The molecular weight excluding hydrogens is 428 g/mol. The lowest BCUT2D eigenvalue weighted by molar-refractivity contribution is -0.121. The molecule has 8 heteroatoms. The molecule has 1 heterocycles. The van der Waals surface area contributed by atoms with Gasteiger partial charge in [-0.05, 0) is 56.2 Å². The van der Waals surface area contributed by atoms with Gasteiger partial charge in [-0.15, -0.1) is 0 Å². The fourth-order valence-electron chi connectivity index (χ4n) is 3.21. The summed E-state index contributed by atoms with van der Waals surface area (Å²) in [7, 11) is 0. The second kappa shape index (κ2) is 10.8. The molecule has 2 aromatic rings. The van der Waals surface area contributed by atoms with Crippen molar-refractivity contribution in [2.45, 2.75) is 45.3 Å². The number of aliphatic hydroxyl groups excluding tert-OH is 1. The number of β-amino-alcohol motifs (C(OH)–C–C–N with tert-alkyl or cyclic N) is 1. The summed E-state index contributed by atoms with van der Waals surface area (Å²) in [5.41, 5.74) is 6.21. The van der Waals surface area contributed by atoms with Gasteiger partial charge in [0.05, 0.1) is 10.7 Å². The van der Waals surface area contributed by atoms with Crippen molar-refractivity contribution in [1.82, 2.24) is 10.7 Å². The minimum atomic E-state index is -0.665. The Kier molecular flexibility index (Phi) is 8.12. The van der Waals surface area contributed by atoms with Crippen LogP contribution in [0.4, 0.5) is 5.69 Å². The van der Waals surface area contributed by atoms with Crippen molar-refractivity contribution >= 4 is 28.9 Å². The van der Waals surface area contributed by atoms with Crippen molar-refractivity contribution in [3.05, 3.63) is 58.6 Å². The number of aryl methyl sites for hydroxylation is 1. The van der Waals surface area contributed by atoms with E-state index in [0.717, 1.165) is 22.5 Å². The molecule has 172 valence electrons. The molecule has 1 amide bonds. The molecule has 0 saturated heterocycles. The van der Waals surface area contributed by atoms with Gasteiger partial charge in [0.2, 0.25) is 5.91 Å². The summed E-state index contributed by atoms with van der Waals surface area (Å²) in [6, 6.07) is 13.6. The Morgan fingerprint density at radius 1 is 1.22 bits per heavy atom. The van der Waals surface area contributed by atoms with E-state index in [4.69, 9.17) is 16.3 Å². The number of rotatable bonds is 10. The molecule has 0 unspecified atom stereocenters. The lowest BCUT2D eigenvalue weighted by Gasteiger charge is -2.28. The molecule has 4 N–H and O–H groups in total. The van der Waals surface area contributed by atoms with E-state index in [1.54, 1.807) is 6.07 Å². The third-order valence-corrected chi connectivity index (χ3v) is 5.50. The van der Waals surface area contributed by atoms with E-state index in [9.17, 15) is 9.90 Å². The van der Waals surface area contributed by atoms with Gasteiger partial charge in [-0.2, -0.15) is 5.10 Å². The van der Waals surface area contributed by atoms with Gasteiger partial charge in [-0.25, -0.2) is 5.43 Å². The number of nitrogens with zero attached hydrogens (tertiary/aromatic N) is 1. The molecule has 0 fully saturated rings. The highest BCUT2D eigenvalue weighted by Gasteiger charge is 2.19. The van der Waals surface area contributed by atoms with E-state index in [-0.39, 0.29) is 18.1 Å². The van der Waals surface area contributed by atoms with Crippen molar-refractivity contribution < 1.29 is 14.6 Å². The topological polar surface area (TPSA) is 95.0 Å². The van der Waals surface area contributed by atoms with Gasteiger partial charge in [0.15, 0.2) is 0 Å². The third-order valence-electron chi connectivity index (χ3n) is 5.19. The van der Waals surface area contributed by atoms with Crippen LogP contribution in [0.3, 0.4) is 0 Å². The zero-order valence-corrected chi connectivity index (χ0v) is 19.5. The smallest absolute Gasteiger partial charge is 0.240 e. The molecule has 0 aliphatic carbocycles. The minimum absolute atomic E-state index is 0.0441. The summed E-state index contributed by atoms with van der Waals surface area (Å²) in [6.45, 7) is 7.32. The van der Waals surface area contributed by atoms with Crippen molar-refractivity contribution in [3.63, 3.8) is 0 Å². The Labute approximate surface area is 194 Å². The van der Waals surface area contributed by atoms with E-state index in [1.165, 1.54) is 0 Å². The van der Waals surface area contributed by atoms with Crippen LogP contribution in [-0.4, -0.2) is 48.1 Å². The third kappa shape index (κ3) is 7.22. The number of amides is 1. The number of ether oxygens (including phenoxy) is 1. The highest BCUT2D eigenvalue weighted by Crippen LogP contribution is 2.25. The number of carbonyl (C=O) groups is 1. The molecule has 0 saturated carbocycles. The largest absolute Gasteiger partial charge is 0.489 e. The molecule has 2 aromatic carbocycles. The monoisotopic (exact) mass is 458 g/mol. The first-order valence-corrected chi connectivity index (χ1v) is 11.1. The molecule has 0 spiro atoms.